The normalized spacial score (nSPS) is 34.1. The fourth-order valence-corrected chi connectivity index (χ4v) is 3.27. The molecule has 0 bridgehead atoms. The van der Waals surface area contributed by atoms with Gasteiger partial charge < -0.3 is 0 Å². The predicted molar refractivity (Wildman–Crippen MR) is 71.2 cm³/mol. The van der Waals surface area contributed by atoms with Crippen LogP contribution in [0, 0.1) is 29.1 Å². The minimum atomic E-state index is 0.318. The van der Waals surface area contributed by atoms with Crippen molar-refractivity contribution in [2.24, 2.45) is 29.1 Å². The van der Waals surface area contributed by atoms with Gasteiger partial charge in [0.25, 0.3) is 0 Å². The van der Waals surface area contributed by atoms with E-state index in [2.05, 4.69) is 53.7 Å². The molecule has 0 amide bonds. The zero-order valence-electron chi connectivity index (χ0n) is 11.7. The van der Waals surface area contributed by atoms with Crippen LogP contribution in [-0.2, 0) is 0 Å². The lowest BCUT2D eigenvalue weighted by Crippen LogP contribution is -2.09. The highest BCUT2D eigenvalue weighted by Gasteiger charge is 2.40. The Morgan fingerprint density at radius 2 is 1.88 bits per heavy atom. The van der Waals surface area contributed by atoms with Gasteiger partial charge in [-0.05, 0) is 35.2 Å². The Hall–Kier alpha value is -0.520. The Morgan fingerprint density at radius 1 is 1.25 bits per heavy atom. The van der Waals surface area contributed by atoms with Crippen LogP contribution in [-0.4, -0.2) is 0 Å². The molecule has 90 valence electrons. The summed E-state index contributed by atoms with van der Waals surface area (Å²) in [7, 11) is 0. The molecule has 0 heteroatoms. The lowest BCUT2D eigenvalue weighted by molar-refractivity contribution is 0.414. The molecule has 2 aliphatic carbocycles. The van der Waals surface area contributed by atoms with E-state index in [0.717, 1.165) is 23.7 Å². The van der Waals surface area contributed by atoms with Crippen molar-refractivity contribution in [3.63, 3.8) is 0 Å². The van der Waals surface area contributed by atoms with Crippen molar-refractivity contribution in [1.29, 1.82) is 0 Å². The maximum atomic E-state index is 2.54. The third kappa shape index (κ3) is 1.87. The van der Waals surface area contributed by atoms with Gasteiger partial charge >= 0.3 is 0 Å². The molecule has 3 atom stereocenters. The summed E-state index contributed by atoms with van der Waals surface area (Å²) in [6, 6.07) is 0. The minimum Gasteiger partial charge on any atom is -0.0733 e. The Bertz CT molecular complexity index is 336. The van der Waals surface area contributed by atoms with Crippen molar-refractivity contribution in [1.82, 2.24) is 0 Å². The fraction of sp³-hybridized carbons (Fsp3) is 0.750. The summed E-state index contributed by atoms with van der Waals surface area (Å²) in [4.78, 5) is 0. The van der Waals surface area contributed by atoms with Crippen molar-refractivity contribution in [3.8, 4) is 0 Å². The van der Waals surface area contributed by atoms with E-state index in [0.29, 0.717) is 5.41 Å². The average Bonchev–Trinajstić information content (AvgIpc) is 2.65. The molecule has 0 heterocycles. The highest BCUT2D eigenvalue weighted by molar-refractivity contribution is 5.42. The third-order valence-electron chi connectivity index (χ3n) is 4.40. The van der Waals surface area contributed by atoms with Gasteiger partial charge in [-0.1, -0.05) is 59.3 Å². The van der Waals surface area contributed by atoms with Gasteiger partial charge in [0.1, 0.15) is 0 Å². The SMILES string of the molecule is CC(C)C1CC(C)C2C=C(C(C)(C)C)C=C21. The molecule has 2 rings (SSSR count). The standard InChI is InChI=1S/C16H26/c1-10(2)13-7-11(3)14-8-12(9-15(13)14)16(4,5)6/h8-11,13-14H,7H2,1-6H3. The Labute approximate surface area is 101 Å². The summed E-state index contributed by atoms with van der Waals surface area (Å²) >= 11 is 0. The molecule has 1 saturated carbocycles. The van der Waals surface area contributed by atoms with Gasteiger partial charge in [0.15, 0.2) is 0 Å². The molecule has 0 N–H and O–H groups in total. The Kier molecular flexibility index (Phi) is 2.80. The quantitative estimate of drug-likeness (QED) is 0.591. The predicted octanol–water partition coefficient (Wildman–Crippen LogP) is 4.83. The topological polar surface area (TPSA) is 0 Å². The van der Waals surface area contributed by atoms with Crippen LogP contribution >= 0.6 is 0 Å². The molecular weight excluding hydrogens is 192 g/mol. The summed E-state index contributed by atoms with van der Waals surface area (Å²) in [6.45, 7) is 14.1. The molecule has 2 aliphatic rings. The van der Waals surface area contributed by atoms with Gasteiger partial charge in [-0.15, -0.1) is 0 Å². The number of allylic oxidation sites excluding steroid dienone is 4. The van der Waals surface area contributed by atoms with Gasteiger partial charge in [0.05, 0.1) is 0 Å². The first-order chi connectivity index (χ1) is 7.30. The molecule has 0 aromatic carbocycles. The van der Waals surface area contributed by atoms with Crippen LogP contribution in [0.2, 0.25) is 0 Å². The summed E-state index contributed by atoms with van der Waals surface area (Å²) < 4.78 is 0. The number of fused-ring (bicyclic) bond motifs is 1. The van der Waals surface area contributed by atoms with E-state index in [1.54, 1.807) is 11.1 Å². The Morgan fingerprint density at radius 3 is 2.38 bits per heavy atom. The molecule has 0 nitrogen and oxygen atoms in total. The molecule has 3 unspecified atom stereocenters. The summed E-state index contributed by atoms with van der Waals surface area (Å²) in [5.74, 6) is 3.22. The first-order valence-electron chi connectivity index (χ1n) is 6.74. The summed E-state index contributed by atoms with van der Waals surface area (Å²) in [5.41, 5.74) is 3.61. The molecule has 0 saturated heterocycles. The van der Waals surface area contributed by atoms with E-state index in [1.165, 1.54) is 6.42 Å². The van der Waals surface area contributed by atoms with Crippen molar-refractivity contribution in [2.75, 3.05) is 0 Å². The number of hydrogen-bond donors (Lipinski definition) is 0. The smallest absolute Gasteiger partial charge is 0.00147 e. The van der Waals surface area contributed by atoms with E-state index in [4.69, 9.17) is 0 Å². The van der Waals surface area contributed by atoms with Crippen LogP contribution < -0.4 is 0 Å². The maximum absolute atomic E-state index is 2.54. The third-order valence-corrected chi connectivity index (χ3v) is 4.40. The molecule has 0 aromatic rings. The lowest BCUT2D eigenvalue weighted by atomic mass is 9.85. The second kappa shape index (κ2) is 3.75. The van der Waals surface area contributed by atoms with Crippen LogP contribution in [0.5, 0.6) is 0 Å². The van der Waals surface area contributed by atoms with Gasteiger partial charge in [-0.2, -0.15) is 0 Å². The van der Waals surface area contributed by atoms with Gasteiger partial charge in [0.2, 0.25) is 0 Å². The Balaban J connectivity index is 2.29. The van der Waals surface area contributed by atoms with Gasteiger partial charge in [-0.25, -0.2) is 0 Å². The van der Waals surface area contributed by atoms with Crippen LogP contribution in [0.3, 0.4) is 0 Å². The molecule has 0 aliphatic heterocycles. The van der Waals surface area contributed by atoms with Gasteiger partial charge in [-0.3, -0.25) is 0 Å². The van der Waals surface area contributed by atoms with Crippen LogP contribution in [0.15, 0.2) is 23.3 Å². The highest BCUT2D eigenvalue weighted by atomic mass is 14.4. The molecule has 0 aromatic heterocycles. The van der Waals surface area contributed by atoms with Crippen molar-refractivity contribution >= 4 is 0 Å². The fourth-order valence-electron chi connectivity index (χ4n) is 3.27. The van der Waals surface area contributed by atoms with E-state index in [-0.39, 0.29) is 0 Å². The average molecular weight is 218 g/mol. The highest BCUT2D eigenvalue weighted by Crippen LogP contribution is 2.50. The van der Waals surface area contributed by atoms with E-state index in [9.17, 15) is 0 Å². The zero-order valence-corrected chi connectivity index (χ0v) is 11.7. The number of hydrogen-bond acceptors (Lipinski definition) is 0. The van der Waals surface area contributed by atoms with E-state index < -0.39 is 0 Å². The molecule has 16 heavy (non-hydrogen) atoms. The lowest BCUT2D eigenvalue weighted by Gasteiger charge is -2.20. The van der Waals surface area contributed by atoms with Crippen molar-refractivity contribution < 1.29 is 0 Å². The minimum absolute atomic E-state index is 0.318. The number of rotatable bonds is 1. The van der Waals surface area contributed by atoms with E-state index >= 15 is 0 Å². The second-order valence-electron chi connectivity index (χ2n) is 7.11. The molecular formula is C16H26. The van der Waals surface area contributed by atoms with Crippen molar-refractivity contribution in [3.05, 3.63) is 23.3 Å². The molecule has 1 fully saturated rings. The molecule has 0 radical (unpaired) electrons. The van der Waals surface area contributed by atoms with Gasteiger partial charge in [0, 0.05) is 5.92 Å². The van der Waals surface area contributed by atoms with E-state index in [1.807, 2.05) is 0 Å². The zero-order chi connectivity index (χ0) is 12.1. The van der Waals surface area contributed by atoms with Crippen LogP contribution in [0.1, 0.15) is 48.0 Å². The van der Waals surface area contributed by atoms with Crippen LogP contribution in [0.4, 0.5) is 0 Å². The molecule has 0 spiro atoms. The first kappa shape index (κ1) is 12.0. The van der Waals surface area contributed by atoms with Crippen molar-refractivity contribution in [2.45, 2.75) is 48.0 Å². The maximum Gasteiger partial charge on any atom is 0.00147 e. The monoisotopic (exact) mass is 218 g/mol. The summed E-state index contributed by atoms with van der Waals surface area (Å²) in [6.07, 6.45) is 6.45. The van der Waals surface area contributed by atoms with Crippen LogP contribution in [0.25, 0.3) is 0 Å². The second-order valence-corrected chi connectivity index (χ2v) is 7.11. The summed E-state index contributed by atoms with van der Waals surface area (Å²) in [5, 5.41) is 0. The first-order valence-corrected chi connectivity index (χ1v) is 6.74. The largest absolute Gasteiger partial charge is 0.0733 e.